The summed E-state index contributed by atoms with van der Waals surface area (Å²) in [5.74, 6) is 0.794. The minimum Gasteiger partial charge on any atom is -0.463 e. The van der Waals surface area contributed by atoms with Crippen LogP contribution in [0.3, 0.4) is 0 Å². The third kappa shape index (κ3) is 26.1. The summed E-state index contributed by atoms with van der Waals surface area (Å²) >= 11 is 0. The van der Waals surface area contributed by atoms with Crippen LogP contribution in [0.2, 0.25) is 0 Å². The number of unbranched alkanes of at least 4 members (excludes halogenated alkanes) is 18. The standard InChI is InChI=1S/C32H64O2/c1-5-7-9-11-12-13-14-15-16-17-19-22-26-30(3)27-23-20-18-21-25-29-32(34-31(4)33)28-24-10-8-6-2/h30,32H,5-29H2,1-4H3. The summed E-state index contributed by atoms with van der Waals surface area (Å²) in [5, 5.41) is 0. The number of carbonyl (C=O) groups is 1. The van der Waals surface area contributed by atoms with Crippen LogP contribution in [0.4, 0.5) is 0 Å². The minimum atomic E-state index is -0.109. The van der Waals surface area contributed by atoms with Crippen molar-refractivity contribution in [1.29, 1.82) is 0 Å². The van der Waals surface area contributed by atoms with Crippen LogP contribution in [-0.2, 0) is 9.53 Å². The van der Waals surface area contributed by atoms with E-state index in [9.17, 15) is 4.79 Å². The number of hydrogen-bond donors (Lipinski definition) is 0. The largest absolute Gasteiger partial charge is 0.463 e. The molecule has 0 radical (unpaired) electrons. The molecule has 0 aliphatic rings. The molecule has 2 unspecified atom stereocenters. The molecule has 34 heavy (non-hydrogen) atoms. The van der Waals surface area contributed by atoms with Crippen LogP contribution >= 0.6 is 0 Å². The summed E-state index contributed by atoms with van der Waals surface area (Å²) in [5.41, 5.74) is 0. The van der Waals surface area contributed by atoms with E-state index in [0.717, 1.165) is 18.8 Å². The Morgan fingerprint density at radius 2 is 0.794 bits per heavy atom. The first-order chi connectivity index (χ1) is 16.6. The highest BCUT2D eigenvalue weighted by molar-refractivity contribution is 5.66. The van der Waals surface area contributed by atoms with Gasteiger partial charge in [-0.3, -0.25) is 4.79 Å². The molecule has 0 spiro atoms. The van der Waals surface area contributed by atoms with Gasteiger partial charge in [0.2, 0.25) is 0 Å². The molecule has 0 aliphatic carbocycles. The van der Waals surface area contributed by atoms with E-state index in [1.54, 1.807) is 6.92 Å². The molecule has 0 saturated heterocycles. The van der Waals surface area contributed by atoms with Gasteiger partial charge in [0.05, 0.1) is 0 Å². The predicted molar refractivity (Wildman–Crippen MR) is 151 cm³/mol. The maximum absolute atomic E-state index is 11.4. The second kappa shape index (κ2) is 27.1. The molecule has 2 nitrogen and oxygen atoms in total. The Bertz CT molecular complexity index is 406. The SMILES string of the molecule is CCCCCCCCCCCCCCC(C)CCCCCCCC(CCCCCC)OC(C)=O. The third-order valence-corrected chi connectivity index (χ3v) is 7.49. The van der Waals surface area contributed by atoms with Gasteiger partial charge in [0.15, 0.2) is 0 Å². The molecule has 0 saturated carbocycles. The lowest BCUT2D eigenvalue weighted by Gasteiger charge is -2.17. The van der Waals surface area contributed by atoms with Crippen molar-refractivity contribution in [1.82, 2.24) is 0 Å². The van der Waals surface area contributed by atoms with Crippen LogP contribution in [0.1, 0.15) is 188 Å². The number of hydrogen-bond acceptors (Lipinski definition) is 2. The molecule has 2 atom stereocenters. The Hall–Kier alpha value is -0.530. The maximum Gasteiger partial charge on any atom is 0.302 e. The van der Waals surface area contributed by atoms with Crippen molar-refractivity contribution >= 4 is 5.97 Å². The van der Waals surface area contributed by atoms with E-state index >= 15 is 0 Å². The van der Waals surface area contributed by atoms with Crippen molar-refractivity contribution in [3.63, 3.8) is 0 Å². The maximum atomic E-state index is 11.4. The van der Waals surface area contributed by atoms with Gasteiger partial charge in [-0.2, -0.15) is 0 Å². The summed E-state index contributed by atoms with van der Waals surface area (Å²) in [7, 11) is 0. The zero-order valence-corrected chi connectivity index (χ0v) is 24.1. The van der Waals surface area contributed by atoms with Crippen LogP contribution in [0, 0.1) is 5.92 Å². The van der Waals surface area contributed by atoms with Crippen LogP contribution in [0.5, 0.6) is 0 Å². The molecule has 0 aromatic rings. The molecule has 0 heterocycles. The van der Waals surface area contributed by atoms with Gasteiger partial charge in [-0.25, -0.2) is 0 Å². The van der Waals surface area contributed by atoms with Gasteiger partial charge in [-0.1, -0.05) is 156 Å². The minimum absolute atomic E-state index is 0.109. The van der Waals surface area contributed by atoms with E-state index in [2.05, 4.69) is 20.8 Å². The van der Waals surface area contributed by atoms with Gasteiger partial charge < -0.3 is 4.74 Å². The summed E-state index contributed by atoms with van der Waals surface area (Å²) in [4.78, 5) is 11.4. The summed E-state index contributed by atoms with van der Waals surface area (Å²) in [6, 6.07) is 0. The van der Waals surface area contributed by atoms with E-state index in [0.29, 0.717) is 0 Å². The molecule has 0 aromatic carbocycles. The average Bonchev–Trinajstić information content (AvgIpc) is 2.81. The van der Waals surface area contributed by atoms with E-state index < -0.39 is 0 Å². The molecular formula is C32H64O2. The van der Waals surface area contributed by atoms with Crippen LogP contribution < -0.4 is 0 Å². The number of esters is 1. The molecule has 0 rings (SSSR count). The molecule has 0 aliphatic heterocycles. The predicted octanol–water partition coefficient (Wildman–Crippen LogP) is 11.3. The van der Waals surface area contributed by atoms with Crippen LogP contribution in [0.15, 0.2) is 0 Å². The highest BCUT2D eigenvalue weighted by Gasteiger charge is 2.11. The lowest BCUT2D eigenvalue weighted by molar-refractivity contribution is -0.147. The van der Waals surface area contributed by atoms with E-state index in [1.807, 2.05) is 0 Å². The summed E-state index contributed by atoms with van der Waals surface area (Å²) in [6.45, 7) is 8.55. The lowest BCUT2D eigenvalue weighted by Crippen LogP contribution is -2.16. The van der Waals surface area contributed by atoms with Crippen molar-refractivity contribution in [2.45, 2.75) is 194 Å². The van der Waals surface area contributed by atoms with Gasteiger partial charge in [-0.15, -0.1) is 0 Å². The lowest BCUT2D eigenvalue weighted by atomic mass is 9.95. The Kier molecular flexibility index (Phi) is 26.6. The highest BCUT2D eigenvalue weighted by atomic mass is 16.5. The van der Waals surface area contributed by atoms with Gasteiger partial charge in [0.25, 0.3) is 0 Å². The smallest absolute Gasteiger partial charge is 0.302 e. The molecule has 0 N–H and O–H groups in total. The first-order valence-corrected chi connectivity index (χ1v) is 15.8. The normalized spacial score (nSPS) is 13.2. The first-order valence-electron chi connectivity index (χ1n) is 15.8. The van der Waals surface area contributed by atoms with Crippen molar-refractivity contribution in [2.24, 2.45) is 5.92 Å². The Balaban J connectivity index is 3.46. The van der Waals surface area contributed by atoms with E-state index in [-0.39, 0.29) is 12.1 Å². The van der Waals surface area contributed by atoms with E-state index in [4.69, 9.17) is 4.74 Å². The van der Waals surface area contributed by atoms with Gasteiger partial charge in [0.1, 0.15) is 6.10 Å². The average molecular weight is 481 g/mol. The fraction of sp³-hybridized carbons (Fsp3) is 0.969. The fourth-order valence-corrected chi connectivity index (χ4v) is 5.17. The fourth-order valence-electron chi connectivity index (χ4n) is 5.17. The highest BCUT2D eigenvalue weighted by Crippen LogP contribution is 2.20. The number of ether oxygens (including phenoxy) is 1. The molecule has 0 fully saturated rings. The number of carbonyl (C=O) groups excluding carboxylic acids is 1. The third-order valence-electron chi connectivity index (χ3n) is 7.49. The molecule has 0 aromatic heterocycles. The first kappa shape index (κ1) is 33.5. The topological polar surface area (TPSA) is 26.3 Å². The monoisotopic (exact) mass is 480 g/mol. The van der Waals surface area contributed by atoms with Crippen molar-refractivity contribution in [3.05, 3.63) is 0 Å². The quantitative estimate of drug-likeness (QED) is 0.0862. The van der Waals surface area contributed by atoms with Gasteiger partial charge in [-0.05, 0) is 31.6 Å². The zero-order valence-electron chi connectivity index (χ0n) is 24.1. The second-order valence-electron chi connectivity index (χ2n) is 11.2. The molecule has 204 valence electrons. The summed E-state index contributed by atoms with van der Waals surface area (Å²) < 4.78 is 5.55. The van der Waals surface area contributed by atoms with Gasteiger partial charge in [0, 0.05) is 6.92 Å². The Morgan fingerprint density at radius 3 is 1.15 bits per heavy atom. The Labute approximate surface area is 215 Å². The van der Waals surface area contributed by atoms with Crippen molar-refractivity contribution in [2.75, 3.05) is 0 Å². The summed E-state index contributed by atoms with van der Waals surface area (Å²) in [6.07, 6.45) is 34.1. The van der Waals surface area contributed by atoms with Crippen LogP contribution in [-0.4, -0.2) is 12.1 Å². The second-order valence-corrected chi connectivity index (χ2v) is 11.2. The van der Waals surface area contributed by atoms with E-state index in [1.165, 1.54) is 148 Å². The van der Waals surface area contributed by atoms with Crippen LogP contribution in [0.25, 0.3) is 0 Å². The molecule has 0 amide bonds. The zero-order chi connectivity index (χ0) is 25.1. The number of rotatable bonds is 27. The molecule has 0 bridgehead atoms. The molecule has 2 heteroatoms. The van der Waals surface area contributed by atoms with Crippen molar-refractivity contribution < 1.29 is 9.53 Å². The Morgan fingerprint density at radius 1 is 0.500 bits per heavy atom. The van der Waals surface area contributed by atoms with Gasteiger partial charge >= 0.3 is 5.97 Å². The van der Waals surface area contributed by atoms with Crippen molar-refractivity contribution in [3.8, 4) is 0 Å². The molecular weight excluding hydrogens is 416 g/mol.